The molecule has 17 aromatic carbocycles. The molecule has 554 valence electrons. The van der Waals surface area contributed by atoms with Gasteiger partial charge in [0.2, 0.25) is 0 Å². The largest absolute Gasteiger partial charge is 0.357 e. The third kappa shape index (κ3) is 12.0. The van der Waals surface area contributed by atoms with Gasteiger partial charge in [-0.25, -0.2) is 0 Å². The molecule has 0 saturated carbocycles. The van der Waals surface area contributed by atoms with E-state index in [2.05, 4.69) is 460 Å². The predicted molar refractivity (Wildman–Crippen MR) is 492 cm³/mol. The number of rotatable bonds is 16. The van der Waals surface area contributed by atoms with Crippen molar-refractivity contribution in [3.8, 4) is 55.6 Å². The van der Waals surface area contributed by atoms with E-state index in [9.17, 15) is 0 Å². The van der Waals surface area contributed by atoms with E-state index in [4.69, 9.17) is 0 Å². The molecule has 0 saturated heterocycles. The van der Waals surface area contributed by atoms with Crippen LogP contribution in [0.1, 0.15) is 68.4 Å². The van der Waals surface area contributed by atoms with Gasteiger partial charge in [0.15, 0.2) is 0 Å². The molecule has 2 unspecified atom stereocenters. The lowest BCUT2D eigenvalue weighted by atomic mass is 9.81. The average Bonchev–Trinajstić information content (AvgIpc) is 0.968. The second-order valence-corrected chi connectivity index (χ2v) is 32.6. The minimum Gasteiger partial charge on any atom is -0.357 e. The summed E-state index contributed by atoms with van der Waals surface area (Å²) < 4.78 is 0. The van der Waals surface area contributed by atoms with Gasteiger partial charge in [-0.05, 0) is 255 Å². The summed E-state index contributed by atoms with van der Waals surface area (Å²) >= 11 is 0. The van der Waals surface area contributed by atoms with Crippen LogP contribution >= 0.6 is 0 Å². The molecule has 0 aromatic heterocycles. The summed E-state index contributed by atoms with van der Waals surface area (Å²) in [6, 6.07) is 142. The lowest BCUT2D eigenvalue weighted by Gasteiger charge is -2.40. The highest BCUT2D eigenvalue weighted by Gasteiger charge is 2.38. The van der Waals surface area contributed by atoms with Crippen LogP contribution in [0.3, 0.4) is 0 Å². The summed E-state index contributed by atoms with van der Waals surface area (Å²) in [5.74, 6) is 0. The molecule has 0 aliphatic heterocycles. The summed E-state index contributed by atoms with van der Waals surface area (Å²) in [6.45, 7) is 9.51. The molecule has 116 heavy (non-hydrogen) atoms. The van der Waals surface area contributed by atoms with Crippen molar-refractivity contribution in [2.24, 2.45) is 0 Å². The molecular formula is C112H86N4. The molecule has 0 N–H and O–H groups in total. The number of allylic oxidation sites excluding steroid dienone is 2. The Bertz CT molecular complexity index is 6790. The van der Waals surface area contributed by atoms with E-state index in [0.29, 0.717) is 0 Å². The van der Waals surface area contributed by atoms with E-state index in [1.165, 1.54) is 121 Å². The quantitative estimate of drug-likeness (QED) is 0.0956. The summed E-state index contributed by atoms with van der Waals surface area (Å²) in [5, 5.41) is 9.59. The standard InChI is InChI=1S/C112H86N4/c1-111(2)103-43-23-21-41-95(103)97-67-55-81(71-105(97)111)75-47-57-89(58-48-75)115(107-45-25-29-77-27-17-19-39-93(77)107)91-65-69-99-101(73-91)109(79-51-61-87(62-52-79)113(83-31-9-5-10-32-83)84-33-11-6-12-34-84)100-70-66-92(74-102(100)110(99)80-53-63-88(64-54-80)114(85-35-13-7-14-36-85)86-37-15-8-16-38-86)116(108-46-26-30-78-28-18-20-40-94(78)108)90-59-49-76(50-60-90)82-56-68-98-96-42-22-24-44-104(96)112(3,4)106(98)72-82/h5-59,61-65,67-74,90,92H,60,66H2,1-4H3. The first kappa shape index (κ1) is 69.9. The molecule has 0 heterocycles. The molecule has 4 aliphatic carbocycles. The fourth-order valence-corrected chi connectivity index (χ4v) is 19.6. The Morgan fingerprint density at radius 1 is 0.259 bits per heavy atom. The molecule has 0 amide bonds. The normalized spacial score (nSPS) is 15.1. The van der Waals surface area contributed by atoms with E-state index < -0.39 is 0 Å². The molecule has 21 rings (SSSR count). The van der Waals surface area contributed by atoms with Crippen molar-refractivity contribution in [1.29, 1.82) is 0 Å². The highest BCUT2D eigenvalue weighted by Crippen LogP contribution is 2.53. The number of para-hydroxylation sites is 4. The summed E-state index contributed by atoms with van der Waals surface area (Å²) in [4.78, 5) is 10.0. The van der Waals surface area contributed by atoms with E-state index >= 15 is 0 Å². The summed E-state index contributed by atoms with van der Waals surface area (Å²) in [5.41, 5.74) is 31.2. The summed E-state index contributed by atoms with van der Waals surface area (Å²) in [6.07, 6.45) is 14.3. The van der Waals surface area contributed by atoms with Crippen molar-refractivity contribution in [2.45, 2.75) is 63.5 Å². The fraction of sp³-hybridized carbons (Fsp3) is 0.0893. The zero-order valence-electron chi connectivity index (χ0n) is 65.6. The maximum Gasteiger partial charge on any atom is 0.0540 e. The van der Waals surface area contributed by atoms with Crippen LogP contribution in [0.4, 0.5) is 56.9 Å². The zero-order valence-corrected chi connectivity index (χ0v) is 65.6. The van der Waals surface area contributed by atoms with Crippen LogP contribution in [0, 0.1) is 0 Å². The maximum absolute atomic E-state index is 2.76. The number of anilines is 10. The van der Waals surface area contributed by atoms with Crippen molar-refractivity contribution in [3.05, 3.63) is 439 Å². The van der Waals surface area contributed by atoms with E-state index in [-0.39, 0.29) is 22.9 Å². The first-order chi connectivity index (χ1) is 57.1. The van der Waals surface area contributed by atoms with Gasteiger partial charge in [0.25, 0.3) is 0 Å². The van der Waals surface area contributed by atoms with Crippen LogP contribution < -0.4 is 30.0 Å². The van der Waals surface area contributed by atoms with Gasteiger partial charge in [-0.2, -0.15) is 0 Å². The van der Waals surface area contributed by atoms with E-state index in [1.54, 1.807) is 0 Å². The Morgan fingerprint density at radius 2 is 0.655 bits per heavy atom. The van der Waals surface area contributed by atoms with E-state index in [0.717, 1.165) is 80.5 Å². The van der Waals surface area contributed by atoms with Gasteiger partial charge in [-0.15, -0.1) is 0 Å². The molecule has 0 bridgehead atoms. The number of hydrogen-bond donors (Lipinski definition) is 0. The molecule has 0 fully saturated rings. The SMILES string of the molecule is CC1(C)c2ccccc2-c2ccc(C3=CCC(N(c4cccc5ccccc45)C4C=c5c(-c6ccc(N(c7ccccc7)c7ccccc7)cc6)c6ccc(N(c7ccc(-c8ccc9c(c8)C(C)(C)c8ccccc8-9)cc7)c7cccc8ccccc78)cc6c(-c6ccc(N(c7ccccc7)c7ccccc7)cc6)c5=CC4)C=C3)cc21. The van der Waals surface area contributed by atoms with Crippen molar-refractivity contribution < 1.29 is 0 Å². The van der Waals surface area contributed by atoms with Crippen LogP contribution in [-0.4, -0.2) is 12.1 Å². The van der Waals surface area contributed by atoms with Crippen LogP contribution in [0.15, 0.2) is 400 Å². The number of benzene rings is 17. The second-order valence-electron chi connectivity index (χ2n) is 32.6. The summed E-state index contributed by atoms with van der Waals surface area (Å²) in [7, 11) is 0. The third-order valence-electron chi connectivity index (χ3n) is 25.2. The van der Waals surface area contributed by atoms with Gasteiger partial charge in [-0.1, -0.05) is 319 Å². The topological polar surface area (TPSA) is 13.0 Å². The zero-order chi connectivity index (χ0) is 77.6. The molecule has 0 radical (unpaired) electrons. The monoisotopic (exact) mass is 1490 g/mol. The minimum atomic E-state index is -0.120. The third-order valence-corrected chi connectivity index (χ3v) is 25.2. The highest BCUT2D eigenvalue weighted by molar-refractivity contribution is 6.10. The smallest absolute Gasteiger partial charge is 0.0540 e. The van der Waals surface area contributed by atoms with Gasteiger partial charge < -0.3 is 19.6 Å². The molecule has 2 atom stereocenters. The highest BCUT2D eigenvalue weighted by atomic mass is 15.2. The first-order valence-corrected chi connectivity index (χ1v) is 40.9. The van der Waals surface area contributed by atoms with Crippen LogP contribution in [0.5, 0.6) is 0 Å². The molecule has 4 nitrogen and oxygen atoms in total. The second kappa shape index (κ2) is 28.5. The number of nitrogens with zero attached hydrogens (tertiary/aromatic N) is 4. The lowest BCUT2D eigenvalue weighted by Crippen LogP contribution is -2.46. The average molecular weight is 1490 g/mol. The Balaban J connectivity index is 0.781. The fourth-order valence-electron chi connectivity index (χ4n) is 19.6. The Hall–Kier alpha value is -14.1. The molecular weight excluding hydrogens is 1400 g/mol. The Kier molecular flexibility index (Phi) is 17.2. The number of hydrogen-bond acceptors (Lipinski definition) is 4. The van der Waals surface area contributed by atoms with Crippen molar-refractivity contribution in [1.82, 2.24) is 0 Å². The van der Waals surface area contributed by atoms with Crippen molar-refractivity contribution in [3.63, 3.8) is 0 Å². The maximum atomic E-state index is 2.76. The van der Waals surface area contributed by atoms with Gasteiger partial charge in [0.1, 0.15) is 0 Å². The van der Waals surface area contributed by atoms with Crippen LogP contribution in [0.2, 0.25) is 0 Å². The molecule has 17 aromatic rings. The lowest BCUT2D eigenvalue weighted by molar-refractivity contribution is 0.642. The van der Waals surface area contributed by atoms with Gasteiger partial charge in [-0.3, -0.25) is 0 Å². The van der Waals surface area contributed by atoms with Gasteiger partial charge in [0.05, 0.1) is 17.8 Å². The number of fused-ring (bicyclic) bond motifs is 10. The van der Waals surface area contributed by atoms with Gasteiger partial charge in [0, 0.05) is 72.8 Å². The van der Waals surface area contributed by atoms with Gasteiger partial charge >= 0.3 is 0 Å². The van der Waals surface area contributed by atoms with Crippen molar-refractivity contribution in [2.75, 3.05) is 19.6 Å². The van der Waals surface area contributed by atoms with Crippen molar-refractivity contribution >= 4 is 107 Å². The first-order valence-electron chi connectivity index (χ1n) is 40.9. The Morgan fingerprint density at radius 3 is 1.18 bits per heavy atom. The predicted octanol–water partition coefficient (Wildman–Crippen LogP) is 28.4. The molecule has 0 spiro atoms. The Labute approximate surface area is 679 Å². The van der Waals surface area contributed by atoms with E-state index in [1.807, 2.05) is 0 Å². The molecule has 4 heteroatoms. The minimum absolute atomic E-state index is 0.0281. The van der Waals surface area contributed by atoms with Crippen LogP contribution in [-0.2, 0) is 10.8 Å². The molecule has 4 aliphatic rings. The van der Waals surface area contributed by atoms with Crippen LogP contribution in [0.25, 0.3) is 106 Å².